The van der Waals surface area contributed by atoms with Crippen LogP contribution in [0.4, 0.5) is 5.13 Å². The molecular weight excluding hydrogens is 428 g/mol. The van der Waals surface area contributed by atoms with Crippen LogP contribution in [-0.2, 0) is 14.3 Å². The van der Waals surface area contributed by atoms with Crippen molar-refractivity contribution in [2.75, 3.05) is 25.6 Å². The molecule has 4 rings (SSSR count). The summed E-state index contributed by atoms with van der Waals surface area (Å²) in [5.41, 5.74) is 2.59. The van der Waals surface area contributed by atoms with Crippen molar-refractivity contribution < 1.29 is 23.8 Å². The fourth-order valence-electron chi connectivity index (χ4n) is 3.01. The molecule has 0 bridgehead atoms. The van der Waals surface area contributed by atoms with Gasteiger partial charge in [-0.3, -0.25) is 10.1 Å². The number of benzene rings is 3. The lowest BCUT2D eigenvalue weighted by molar-refractivity contribution is -0.149. The summed E-state index contributed by atoms with van der Waals surface area (Å²) >= 11 is 1.31. The number of hydrogen-bond acceptors (Lipinski definition) is 7. The molecule has 0 spiro atoms. The lowest BCUT2D eigenvalue weighted by Crippen LogP contribution is -2.23. The molecule has 0 aliphatic carbocycles. The van der Waals surface area contributed by atoms with Crippen LogP contribution in [0, 0.1) is 0 Å². The molecule has 3 aromatic carbocycles. The minimum Gasteiger partial charge on any atom is -0.497 e. The summed E-state index contributed by atoms with van der Waals surface area (Å²) in [4.78, 5) is 28.6. The normalized spacial score (nSPS) is 10.5. The first-order chi connectivity index (χ1) is 15.6. The maximum Gasteiger partial charge on any atom is 0.344 e. The Morgan fingerprint density at radius 1 is 0.969 bits per heavy atom. The minimum atomic E-state index is -0.642. The van der Waals surface area contributed by atoms with Crippen molar-refractivity contribution in [2.24, 2.45) is 0 Å². The van der Waals surface area contributed by atoms with E-state index in [1.807, 2.05) is 60.7 Å². The largest absolute Gasteiger partial charge is 0.497 e. The van der Waals surface area contributed by atoms with Crippen LogP contribution < -0.4 is 14.8 Å². The van der Waals surface area contributed by atoms with Crippen LogP contribution in [0.1, 0.15) is 0 Å². The molecule has 0 unspecified atom stereocenters. The van der Waals surface area contributed by atoms with Gasteiger partial charge >= 0.3 is 5.97 Å². The molecule has 1 N–H and O–H groups in total. The number of esters is 1. The Morgan fingerprint density at radius 2 is 1.75 bits per heavy atom. The molecule has 0 radical (unpaired) electrons. The Bertz CT molecular complexity index is 1240. The van der Waals surface area contributed by atoms with Crippen molar-refractivity contribution in [3.8, 4) is 22.6 Å². The average molecular weight is 449 g/mol. The Labute approximate surface area is 188 Å². The number of nitrogens with one attached hydrogen (secondary N) is 1. The number of methoxy groups -OCH3 is 1. The van der Waals surface area contributed by atoms with Crippen LogP contribution in [0.2, 0.25) is 0 Å². The van der Waals surface area contributed by atoms with Gasteiger partial charge in [-0.2, -0.15) is 0 Å². The molecule has 32 heavy (non-hydrogen) atoms. The van der Waals surface area contributed by atoms with Crippen LogP contribution in [-0.4, -0.2) is 37.2 Å². The van der Waals surface area contributed by atoms with E-state index in [1.165, 1.54) is 11.3 Å². The molecule has 8 heteroatoms. The van der Waals surface area contributed by atoms with E-state index in [1.54, 1.807) is 19.2 Å². The van der Waals surface area contributed by atoms with E-state index in [4.69, 9.17) is 14.2 Å². The fourth-order valence-corrected chi connectivity index (χ4v) is 3.92. The highest BCUT2D eigenvalue weighted by molar-refractivity contribution is 7.22. The summed E-state index contributed by atoms with van der Waals surface area (Å²) in [5, 5.41) is 3.06. The molecule has 7 nitrogen and oxygen atoms in total. The number of hydrogen-bond donors (Lipinski definition) is 1. The van der Waals surface area contributed by atoms with Gasteiger partial charge in [-0.05, 0) is 29.8 Å². The molecule has 1 amide bonds. The monoisotopic (exact) mass is 448 g/mol. The molecule has 0 aliphatic rings. The summed E-state index contributed by atoms with van der Waals surface area (Å²) in [6.07, 6.45) is 0. The Morgan fingerprint density at radius 3 is 2.56 bits per heavy atom. The van der Waals surface area contributed by atoms with Gasteiger partial charge in [-0.25, -0.2) is 9.78 Å². The van der Waals surface area contributed by atoms with Crippen molar-refractivity contribution in [1.29, 1.82) is 0 Å². The van der Waals surface area contributed by atoms with Crippen molar-refractivity contribution in [2.45, 2.75) is 0 Å². The molecule has 0 atom stereocenters. The SMILES string of the molecule is COc1ccc2nc(NC(=O)COC(=O)COc3ccccc3-c3ccccc3)sc2c1. The van der Waals surface area contributed by atoms with E-state index in [2.05, 4.69) is 10.3 Å². The predicted octanol–water partition coefficient (Wildman–Crippen LogP) is 4.53. The van der Waals surface area contributed by atoms with Crippen LogP contribution in [0.15, 0.2) is 72.8 Å². The summed E-state index contributed by atoms with van der Waals surface area (Å²) in [6, 6.07) is 22.6. The molecular formula is C24H20N2O5S. The first-order valence-corrected chi connectivity index (χ1v) is 10.6. The molecule has 0 aliphatic heterocycles. The second kappa shape index (κ2) is 9.93. The minimum absolute atomic E-state index is 0.307. The number of nitrogens with zero attached hydrogens (tertiary/aromatic N) is 1. The maximum atomic E-state index is 12.1. The Kier molecular flexibility index (Phi) is 6.62. The summed E-state index contributed by atoms with van der Waals surface area (Å²) in [5.74, 6) is 0.151. The number of carbonyl (C=O) groups excluding carboxylic acids is 2. The molecule has 0 fully saturated rings. The highest BCUT2D eigenvalue weighted by Gasteiger charge is 2.13. The highest BCUT2D eigenvalue weighted by Crippen LogP contribution is 2.30. The number of rotatable bonds is 8. The first-order valence-electron chi connectivity index (χ1n) is 9.79. The Balaban J connectivity index is 1.29. The number of aromatic nitrogens is 1. The van der Waals surface area contributed by atoms with Crippen molar-refractivity contribution in [3.05, 3.63) is 72.8 Å². The lowest BCUT2D eigenvalue weighted by Gasteiger charge is -2.11. The lowest BCUT2D eigenvalue weighted by atomic mass is 10.1. The fraction of sp³-hybridized carbons (Fsp3) is 0.125. The molecule has 4 aromatic rings. The molecule has 1 aromatic heterocycles. The zero-order chi connectivity index (χ0) is 22.3. The van der Waals surface area contributed by atoms with Crippen molar-refractivity contribution in [3.63, 3.8) is 0 Å². The smallest absolute Gasteiger partial charge is 0.344 e. The third-order valence-corrected chi connectivity index (χ3v) is 5.46. The van der Waals surface area contributed by atoms with Gasteiger partial charge in [0.1, 0.15) is 11.5 Å². The first kappa shape index (κ1) is 21.3. The molecule has 0 saturated carbocycles. The number of carbonyl (C=O) groups is 2. The third kappa shape index (κ3) is 5.22. The van der Waals surface area contributed by atoms with Crippen molar-refractivity contribution in [1.82, 2.24) is 4.98 Å². The number of anilines is 1. The quantitative estimate of drug-likeness (QED) is 0.399. The van der Waals surface area contributed by atoms with Crippen molar-refractivity contribution >= 4 is 38.6 Å². The summed E-state index contributed by atoms with van der Waals surface area (Å²) in [7, 11) is 1.59. The van der Waals surface area contributed by atoms with Gasteiger partial charge in [-0.1, -0.05) is 59.9 Å². The number of ether oxygens (including phenoxy) is 3. The molecule has 0 saturated heterocycles. The molecule has 162 valence electrons. The maximum absolute atomic E-state index is 12.1. The van der Waals surface area contributed by atoms with Crippen LogP contribution in [0.3, 0.4) is 0 Å². The number of fused-ring (bicyclic) bond motifs is 1. The zero-order valence-corrected chi connectivity index (χ0v) is 18.1. The highest BCUT2D eigenvalue weighted by atomic mass is 32.1. The third-order valence-electron chi connectivity index (χ3n) is 4.52. The Hall–Kier alpha value is -3.91. The van der Waals surface area contributed by atoms with E-state index < -0.39 is 18.5 Å². The van der Waals surface area contributed by atoms with Crippen LogP contribution >= 0.6 is 11.3 Å². The van der Waals surface area contributed by atoms with Crippen LogP contribution in [0.25, 0.3) is 21.3 Å². The number of para-hydroxylation sites is 1. The van der Waals surface area contributed by atoms with Gasteiger partial charge in [0.25, 0.3) is 5.91 Å². The molecule has 1 heterocycles. The van der Waals surface area contributed by atoms with Crippen LogP contribution in [0.5, 0.6) is 11.5 Å². The van der Waals surface area contributed by atoms with E-state index in [9.17, 15) is 9.59 Å². The second-order valence-electron chi connectivity index (χ2n) is 6.71. The zero-order valence-electron chi connectivity index (χ0n) is 17.2. The van der Waals surface area contributed by atoms with Gasteiger partial charge in [0.15, 0.2) is 18.3 Å². The van der Waals surface area contributed by atoms with Gasteiger partial charge in [0.05, 0.1) is 17.3 Å². The standard InChI is InChI=1S/C24H20N2O5S/c1-29-17-11-12-19-21(13-17)32-24(25-19)26-22(27)14-31-23(28)15-30-20-10-6-5-9-18(20)16-7-3-2-4-8-16/h2-13H,14-15H2,1H3,(H,25,26,27). The van der Waals surface area contributed by atoms with E-state index in [0.29, 0.717) is 16.6 Å². The summed E-state index contributed by atoms with van der Waals surface area (Å²) < 4.78 is 16.7. The van der Waals surface area contributed by atoms with Gasteiger partial charge in [-0.15, -0.1) is 0 Å². The average Bonchev–Trinajstić information content (AvgIpc) is 3.23. The summed E-state index contributed by atoms with van der Waals surface area (Å²) in [6.45, 7) is -0.736. The van der Waals surface area contributed by atoms with E-state index in [-0.39, 0.29) is 6.61 Å². The van der Waals surface area contributed by atoms with Gasteiger partial charge < -0.3 is 14.2 Å². The predicted molar refractivity (Wildman–Crippen MR) is 123 cm³/mol. The number of thiazole rings is 1. The van der Waals surface area contributed by atoms with Gasteiger partial charge in [0, 0.05) is 5.56 Å². The van der Waals surface area contributed by atoms with Gasteiger partial charge in [0.2, 0.25) is 0 Å². The van der Waals surface area contributed by atoms with E-state index >= 15 is 0 Å². The van der Waals surface area contributed by atoms with E-state index in [0.717, 1.165) is 21.3 Å². The number of amides is 1. The second-order valence-corrected chi connectivity index (χ2v) is 7.74. The topological polar surface area (TPSA) is 86.8 Å².